The molecule has 7 heteroatoms. The van der Waals surface area contributed by atoms with Gasteiger partial charge in [-0.05, 0) is 120 Å². The SMILES string of the molecule is Cn1nc2nc1-c1cc(ccn1)Cc1c(F)cc3[nH]ccc3c1CCSCC(C)(C)CCC[C@]2(C)c1cccc(CC2(C)CC2)c1. The van der Waals surface area contributed by atoms with Crippen LogP contribution in [0.5, 0.6) is 0 Å². The van der Waals surface area contributed by atoms with Crippen LogP contribution in [0.2, 0.25) is 0 Å². The molecule has 0 saturated heterocycles. The fourth-order valence-electron chi connectivity index (χ4n) is 7.32. The highest BCUT2D eigenvalue weighted by Gasteiger charge is 2.38. The number of H-pyrrole nitrogens is 1. The van der Waals surface area contributed by atoms with Gasteiger partial charge in [0, 0.05) is 36.8 Å². The lowest BCUT2D eigenvalue weighted by Crippen LogP contribution is -2.27. The smallest absolute Gasteiger partial charge is 0.176 e. The van der Waals surface area contributed by atoms with Gasteiger partial charge in [-0.25, -0.2) is 14.1 Å². The van der Waals surface area contributed by atoms with Crippen LogP contribution >= 0.6 is 11.8 Å². The zero-order valence-corrected chi connectivity index (χ0v) is 28.7. The van der Waals surface area contributed by atoms with E-state index in [4.69, 9.17) is 15.1 Å². The molecule has 2 aliphatic rings. The van der Waals surface area contributed by atoms with Crippen molar-refractivity contribution in [2.45, 2.75) is 84.5 Å². The Kier molecular flexibility index (Phi) is 8.11. The number of aromatic nitrogens is 5. The van der Waals surface area contributed by atoms with Crippen molar-refractivity contribution in [1.82, 2.24) is 24.7 Å². The minimum Gasteiger partial charge on any atom is -0.361 e. The second-order valence-corrected chi connectivity index (χ2v) is 16.3. The van der Waals surface area contributed by atoms with Crippen molar-refractivity contribution in [2.24, 2.45) is 17.9 Å². The Bertz CT molecular complexity index is 1880. The number of thioether (sulfide) groups is 1. The molecule has 5 nitrogen and oxygen atoms in total. The van der Waals surface area contributed by atoms with E-state index in [1.807, 2.05) is 42.0 Å². The highest BCUT2D eigenvalue weighted by Crippen LogP contribution is 2.48. The Morgan fingerprint density at radius 3 is 2.65 bits per heavy atom. The van der Waals surface area contributed by atoms with E-state index >= 15 is 4.39 Å². The van der Waals surface area contributed by atoms with Crippen LogP contribution in [-0.4, -0.2) is 36.2 Å². The van der Waals surface area contributed by atoms with E-state index in [0.717, 1.165) is 88.5 Å². The van der Waals surface area contributed by atoms with Crippen LogP contribution in [0.3, 0.4) is 0 Å². The lowest BCUT2D eigenvalue weighted by molar-refractivity contribution is 0.342. The molecule has 4 heterocycles. The van der Waals surface area contributed by atoms with Crippen LogP contribution in [-0.2, 0) is 31.7 Å². The van der Waals surface area contributed by atoms with Gasteiger partial charge >= 0.3 is 0 Å². The van der Waals surface area contributed by atoms with Crippen LogP contribution in [0, 0.1) is 16.6 Å². The second-order valence-electron chi connectivity index (χ2n) is 15.2. The van der Waals surface area contributed by atoms with Gasteiger partial charge in [0.25, 0.3) is 0 Å². The van der Waals surface area contributed by atoms with E-state index in [2.05, 4.69) is 69.1 Å². The van der Waals surface area contributed by atoms with Crippen molar-refractivity contribution in [1.29, 1.82) is 0 Å². The molecule has 5 aromatic rings. The quantitative estimate of drug-likeness (QED) is 0.215. The number of hydrogen-bond donors (Lipinski definition) is 1. The summed E-state index contributed by atoms with van der Waals surface area (Å²) in [5.74, 6) is 3.45. The molecule has 4 bridgehead atoms. The Morgan fingerprint density at radius 2 is 1.83 bits per heavy atom. The number of aryl methyl sites for hydroxylation is 2. The molecule has 0 radical (unpaired) electrons. The third kappa shape index (κ3) is 6.27. The summed E-state index contributed by atoms with van der Waals surface area (Å²) in [6, 6.07) is 17.0. The van der Waals surface area contributed by atoms with Crippen LogP contribution in [0.25, 0.3) is 22.4 Å². The predicted molar refractivity (Wildman–Crippen MR) is 188 cm³/mol. The minimum absolute atomic E-state index is 0.155. The maximum atomic E-state index is 15.7. The zero-order valence-electron chi connectivity index (χ0n) is 27.9. The number of hydrogen-bond acceptors (Lipinski definition) is 4. The summed E-state index contributed by atoms with van der Waals surface area (Å²) in [4.78, 5) is 13.2. The Morgan fingerprint density at radius 1 is 0.978 bits per heavy atom. The standard InChI is InChI=1S/C39H46FN5S/c1-37(2)13-7-14-39(4,28-9-6-8-27(20-28)24-38(3)15-16-38)36-43-35(45(5)44-36)34-22-26(10-17-42-34)21-31-29(12-19-46-25-37)30-11-18-41-33(30)23-32(31)40/h6,8-11,17-18,20,22-23,41H,7,12-16,19,21,24-25H2,1-5H3/t39-/m1/s1. The van der Waals surface area contributed by atoms with Gasteiger partial charge in [-0.1, -0.05) is 51.5 Å². The molecule has 46 heavy (non-hydrogen) atoms. The van der Waals surface area contributed by atoms with E-state index in [1.54, 1.807) is 6.07 Å². The Hall–Kier alpha value is -3.45. The Labute approximate surface area is 276 Å². The number of halogens is 1. The average molecular weight is 636 g/mol. The summed E-state index contributed by atoms with van der Waals surface area (Å²) in [7, 11) is 1.96. The lowest BCUT2D eigenvalue weighted by atomic mass is 9.75. The molecule has 0 unspecified atom stereocenters. The molecular formula is C39H46FN5S. The first-order valence-corrected chi connectivity index (χ1v) is 18.0. The van der Waals surface area contributed by atoms with E-state index in [0.29, 0.717) is 11.8 Å². The number of fused-ring (bicyclic) bond motifs is 8. The summed E-state index contributed by atoms with van der Waals surface area (Å²) in [6.07, 6.45) is 12.0. The van der Waals surface area contributed by atoms with Gasteiger partial charge in [-0.15, -0.1) is 0 Å². The topological polar surface area (TPSA) is 59.4 Å². The third-order valence-electron chi connectivity index (χ3n) is 10.5. The van der Waals surface area contributed by atoms with Gasteiger partial charge in [-0.2, -0.15) is 16.9 Å². The highest BCUT2D eigenvalue weighted by atomic mass is 32.2. The number of pyridine rings is 1. The molecule has 1 aliphatic carbocycles. The van der Waals surface area contributed by atoms with Crippen molar-refractivity contribution in [3.63, 3.8) is 0 Å². The predicted octanol–water partition coefficient (Wildman–Crippen LogP) is 9.22. The minimum atomic E-state index is -0.341. The molecule has 1 fully saturated rings. The van der Waals surface area contributed by atoms with Crippen LogP contribution < -0.4 is 0 Å². The monoisotopic (exact) mass is 635 g/mol. The van der Waals surface area contributed by atoms with E-state index in [1.165, 1.54) is 24.0 Å². The molecule has 240 valence electrons. The van der Waals surface area contributed by atoms with Crippen molar-refractivity contribution in [3.05, 3.63) is 100 Å². The summed E-state index contributed by atoms with van der Waals surface area (Å²) in [5, 5.41) is 6.20. The van der Waals surface area contributed by atoms with Gasteiger partial charge < -0.3 is 4.98 Å². The van der Waals surface area contributed by atoms with E-state index < -0.39 is 0 Å². The maximum Gasteiger partial charge on any atom is 0.176 e. The van der Waals surface area contributed by atoms with Crippen molar-refractivity contribution in [2.75, 3.05) is 11.5 Å². The number of nitrogens with one attached hydrogen (secondary N) is 1. The van der Waals surface area contributed by atoms with Crippen molar-refractivity contribution in [3.8, 4) is 11.5 Å². The number of aromatic amines is 1. The molecular weight excluding hydrogens is 590 g/mol. The van der Waals surface area contributed by atoms with E-state index in [9.17, 15) is 0 Å². The zero-order chi connectivity index (χ0) is 32.1. The molecule has 1 saturated carbocycles. The molecule has 0 amide bonds. The third-order valence-corrected chi connectivity index (χ3v) is 12.0. The molecule has 2 aromatic carbocycles. The van der Waals surface area contributed by atoms with Crippen LogP contribution in [0.4, 0.5) is 4.39 Å². The largest absolute Gasteiger partial charge is 0.361 e. The van der Waals surface area contributed by atoms with Crippen LogP contribution in [0.1, 0.15) is 93.4 Å². The molecule has 1 aliphatic heterocycles. The van der Waals surface area contributed by atoms with Crippen molar-refractivity contribution >= 4 is 22.7 Å². The van der Waals surface area contributed by atoms with Gasteiger partial charge in [0.05, 0.1) is 5.41 Å². The summed E-state index contributed by atoms with van der Waals surface area (Å²) < 4.78 is 17.6. The molecule has 1 atom stereocenters. The first kappa shape index (κ1) is 31.2. The van der Waals surface area contributed by atoms with Gasteiger partial charge in [0.1, 0.15) is 11.5 Å². The molecule has 0 spiro atoms. The molecule has 1 N–H and O–H groups in total. The number of nitrogens with zero attached hydrogens (tertiary/aromatic N) is 4. The molecule has 7 rings (SSSR count). The van der Waals surface area contributed by atoms with Crippen LogP contribution in [0.15, 0.2) is 60.9 Å². The maximum absolute atomic E-state index is 15.7. The fraction of sp³-hybridized carbons (Fsp3) is 0.462. The second kappa shape index (κ2) is 12.0. The van der Waals surface area contributed by atoms with Gasteiger partial charge in [-0.3, -0.25) is 4.98 Å². The number of rotatable bonds is 3. The first-order chi connectivity index (χ1) is 22.0. The summed E-state index contributed by atoms with van der Waals surface area (Å²) >= 11 is 1.99. The van der Waals surface area contributed by atoms with Gasteiger partial charge in [0.2, 0.25) is 0 Å². The average Bonchev–Trinajstić information content (AvgIpc) is 3.36. The first-order valence-electron chi connectivity index (χ1n) is 16.8. The Balaban J connectivity index is 1.31. The fourth-order valence-corrected chi connectivity index (χ4v) is 8.51. The van der Waals surface area contributed by atoms with Crippen molar-refractivity contribution < 1.29 is 4.39 Å². The van der Waals surface area contributed by atoms with E-state index in [-0.39, 0.29) is 16.6 Å². The lowest BCUT2D eigenvalue weighted by Gasteiger charge is -2.31. The summed E-state index contributed by atoms with van der Waals surface area (Å²) in [6.45, 7) is 9.51. The molecule has 3 aromatic heterocycles. The summed E-state index contributed by atoms with van der Waals surface area (Å²) in [5.41, 5.74) is 7.51. The normalized spacial score (nSPS) is 21.3. The number of benzene rings is 2. The van der Waals surface area contributed by atoms with Gasteiger partial charge in [0.15, 0.2) is 11.6 Å². The highest BCUT2D eigenvalue weighted by molar-refractivity contribution is 7.99.